The van der Waals surface area contributed by atoms with Crippen LogP contribution in [-0.2, 0) is 0 Å². The van der Waals surface area contributed by atoms with Crippen LogP contribution in [0.1, 0.15) is 13.8 Å². The fourth-order valence-electron chi connectivity index (χ4n) is 2.29. The third kappa shape index (κ3) is 5.12. The average molecular weight is 267 g/mol. The molecule has 0 aliphatic carbocycles. The minimum Gasteiger partial charge on any atom is -0.330 e. The average Bonchev–Trinajstić information content (AvgIpc) is 2.25. The van der Waals surface area contributed by atoms with Crippen molar-refractivity contribution in [3.63, 3.8) is 0 Å². The highest BCUT2D eigenvalue weighted by Crippen LogP contribution is 2.26. The van der Waals surface area contributed by atoms with Crippen molar-refractivity contribution in [1.29, 1.82) is 0 Å². The van der Waals surface area contributed by atoms with Crippen LogP contribution < -0.4 is 5.73 Å². The first-order valence-electron chi connectivity index (χ1n) is 6.54. The molecule has 0 aromatic carbocycles. The van der Waals surface area contributed by atoms with E-state index in [1.165, 1.54) is 0 Å². The van der Waals surface area contributed by atoms with E-state index in [2.05, 4.69) is 18.7 Å². The van der Waals surface area contributed by atoms with Crippen LogP contribution in [0.5, 0.6) is 0 Å². The van der Waals surface area contributed by atoms with Crippen LogP contribution >= 0.6 is 0 Å². The Kier molecular flexibility index (Phi) is 5.88. The second-order valence-electron chi connectivity index (χ2n) is 5.47. The molecule has 0 spiro atoms. The summed E-state index contributed by atoms with van der Waals surface area (Å²) in [5.41, 5.74) is 5.21. The molecule has 1 heterocycles. The maximum atomic E-state index is 12.6. The van der Waals surface area contributed by atoms with Gasteiger partial charge in [-0.15, -0.1) is 0 Å². The van der Waals surface area contributed by atoms with Crippen LogP contribution in [0.25, 0.3) is 0 Å². The topological polar surface area (TPSA) is 32.5 Å². The van der Waals surface area contributed by atoms with E-state index in [-0.39, 0.29) is 13.1 Å². The molecule has 1 rings (SSSR count). The van der Waals surface area contributed by atoms with Crippen molar-refractivity contribution in [2.75, 3.05) is 45.8 Å². The van der Waals surface area contributed by atoms with Crippen LogP contribution in [0, 0.1) is 11.8 Å². The number of alkyl halides is 3. The van der Waals surface area contributed by atoms with Gasteiger partial charge in [-0.2, -0.15) is 13.2 Å². The molecule has 0 bridgehead atoms. The Balaban J connectivity index is 2.34. The largest absolute Gasteiger partial charge is 0.394 e. The molecule has 1 unspecified atom stereocenters. The Morgan fingerprint density at radius 2 is 1.44 bits per heavy atom. The molecule has 3 nitrogen and oxygen atoms in total. The van der Waals surface area contributed by atoms with Crippen molar-refractivity contribution < 1.29 is 13.2 Å². The first kappa shape index (κ1) is 15.7. The first-order chi connectivity index (χ1) is 8.32. The summed E-state index contributed by atoms with van der Waals surface area (Å²) in [6.07, 6.45) is -4.18. The third-order valence-corrected chi connectivity index (χ3v) is 3.31. The van der Waals surface area contributed by atoms with Gasteiger partial charge in [0.25, 0.3) is 0 Å². The van der Waals surface area contributed by atoms with Gasteiger partial charge in [0, 0.05) is 45.8 Å². The molecule has 1 aliphatic rings. The number of nitrogens with two attached hydrogens (primary N) is 1. The molecule has 1 fully saturated rings. The summed E-state index contributed by atoms with van der Waals surface area (Å²) in [5.74, 6) is -0.794. The number of nitrogens with zero attached hydrogens (tertiary/aromatic N) is 2. The highest BCUT2D eigenvalue weighted by Gasteiger charge is 2.39. The van der Waals surface area contributed by atoms with Crippen molar-refractivity contribution >= 4 is 0 Å². The van der Waals surface area contributed by atoms with E-state index in [0.717, 1.165) is 19.6 Å². The van der Waals surface area contributed by atoms with Gasteiger partial charge in [-0.05, 0) is 5.92 Å². The van der Waals surface area contributed by atoms with Gasteiger partial charge in [0.05, 0.1) is 5.92 Å². The lowest BCUT2D eigenvalue weighted by molar-refractivity contribution is -0.177. The Bertz CT molecular complexity index is 235. The smallest absolute Gasteiger partial charge is 0.330 e. The summed E-state index contributed by atoms with van der Waals surface area (Å²) >= 11 is 0. The maximum Gasteiger partial charge on any atom is 0.394 e. The highest BCUT2D eigenvalue weighted by atomic mass is 19.4. The fourth-order valence-corrected chi connectivity index (χ4v) is 2.29. The summed E-state index contributed by atoms with van der Waals surface area (Å²) in [6, 6.07) is 0. The predicted octanol–water partition coefficient (Wildman–Crippen LogP) is 1.40. The minimum absolute atomic E-state index is 0.0372. The van der Waals surface area contributed by atoms with Gasteiger partial charge in [-0.1, -0.05) is 13.8 Å². The monoisotopic (exact) mass is 267 g/mol. The highest BCUT2D eigenvalue weighted by molar-refractivity contribution is 4.78. The predicted molar refractivity (Wildman–Crippen MR) is 66.3 cm³/mol. The van der Waals surface area contributed by atoms with Gasteiger partial charge in [-0.3, -0.25) is 0 Å². The summed E-state index contributed by atoms with van der Waals surface area (Å²) in [5, 5.41) is 0. The molecule has 0 aromatic rings. The Morgan fingerprint density at radius 1 is 1.00 bits per heavy atom. The van der Waals surface area contributed by atoms with Crippen LogP contribution in [0.3, 0.4) is 0 Å². The quantitative estimate of drug-likeness (QED) is 0.817. The molecule has 18 heavy (non-hydrogen) atoms. The lowest BCUT2D eigenvalue weighted by Crippen LogP contribution is -2.50. The van der Waals surface area contributed by atoms with E-state index < -0.39 is 12.1 Å². The molecular formula is C12H24F3N3. The van der Waals surface area contributed by atoms with Crippen LogP contribution in [-0.4, -0.2) is 61.8 Å². The van der Waals surface area contributed by atoms with Gasteiger partial charge in [0.15, 0.2) is 0 Å². The van der Waals surface area contributed by atoms with Crippen LogP contribution in [0.2, 0.25) is 0 Å². The summed E-state index contributed by atoms with van der Waals surface area (Å²) in [4.78, 5) is 4.19. The molecule has 0 amide bonds. The molecule has 2 N–H and O–H groups in total. The molecule has 108 valence electrons. The number of hydrogen-bond acceptors (Lipinski definition) is 3. The number of halogens is 3. The van der Waals surface area contributed by atoms with Gasteiger partial charge >= 0.3 is 6.18 Å². The Hall–Kier alpha value is -0.330. The van der Waals surface area contributed by atoms with E-state index in [9.17, 15) is 13.2 Å². The Morgan fingerprint density at radius 3 is 1.78 bits per heavy atom. The van der Waals surface area contributed by atoms with E-state index in [0.29, 0.717) is 19.0 Å². The molecule has 6 heteroatoms. The normalized spacial score (nSPS) is 21.5. The molecule has 1 aliphatic heterocycles. The standard InChI is InChI=1S/C12H24F3N3/c1-10(2)8-17-3-5-18(6-4-17)9-11(7-16)12(13,14)15/h10-11H,3-9,16H2,1-2H3. The summed E-state index contributed by atoms with van der Waals surface area (Å²) in [6.45, 7) is 8.17. The van der Waals surface area contributed by atoms with Crippen LogP contribution in [0.4, 0.5) is 13.2 Å². The zero-order chi connectivity index (χ0) is 13.8. The molecular weight excluding hydrogens is 243 g/mol. The fraction of sp³-hybridized carbons (Fsp3) is 1.00. The number of hydrogen-bond donors (Lipinski definition) is 1. The number of piperazine rings is 1. The van der Waals surface area contributed by atoms with Crippen LogP contribution in [0.15, 0.2) is 0 Å². The Labute approximate surface area is 107 Å². The lowest BCUT2D eigenvalue weighted by Gasteiger charge is -2.37. The number of rotatable bonds is 5. The van der Waals surface area contributed by atoms with Gasteiger partial charge in [0.1, 0.15) is 0 Å². The molecule has 0 aromatic heterocycles. The van der Waals surface area contributed by atoms with Crippen molar-refractivity contribution in [2.24, 2.45) is 17.6 Å². The third-order valence-electron chi connectivity index (χ3n) is 3.31. The first-order valence-corrected chi connectivity index (χ1v) is 6.54. The maximum absolute atomic E-state index is 12.6. The van der Waals surface area contributed by atoms with Crippen molar-refractivity contribution in [1.82, 2.24) is 9.80 Å². The van der Waals surface area contributed by atoms with Gasteiger partial charge in [-0.25, -0.2) is 0 Å². The second kappa shape index (κ2) is 6.73. The van der Waals surface area contributed by atoms with Crippen molar-refractivity contribution in [3.8, 4) is 0 Å². The zero-order valence-electron chi connectivity index (χ0n) is 11.2. The zero-order valence-corrected chi connectivity index (χ0v) is 11.2. The SMILES string of the molecule is CC(C)CN1CCN(CC(CN)C(F)(F)F)CC1. The minimum atomic E-state index is -4.18. The van der Waals surface area contributed by atoms with Crippen molar-refractivity contribution in [3.05, 3.63) is 0 Å². The summed E-state index contributed by atoms with van der Waals surface area (Å²) < 4.78 is 37.8. The van der Waals surface area contributed by atoms with E-state index in [4.69, 9.17) is 5.73 Å². The second-order valence-corrected chi connectivity index (χ2v) is 5.47. The van der Waals surface area contributed by atoms with Gasteiger partial charge < -0.3 is 15.5 Å². The van der Waals surface area contributed by atoms with Gasteiger partial charge in [0.2, 0.25) is 0 Å². The van der Waals surface area contributed by atoms with E-state index >= 15 is 0 Å². The van der Waals surface area contributed by atoms with E-state index in [1.54, 1.807) is 0 Å². The molecule has 1 saturated heterocycles. The molecule has 0 saturated carbocycles. The molecule has 0 radical (unpaired) electrons. The van der Waals surface area contributed by atoms with Crippen molar-refractivity contribution in [2.45, 2.75) is 20.0 Å². The lowest BCUT2D eigenvalue weighted by atomic mass is 10.1. The summed E-state index contributed by atoms with van der Waals surface area (Å²) in [7, 11) is 0. The van der Waals surface area contributed by atoms with E-state index in [1.807, 2.05) is 4.90 Å². The molecule has 1 atom stereocenters.